The first-order chi connectivity index (χ1) is 16.8. The van der Waals surface area contributed by atoms with Crippen molar-refractivity contribution in [2.75, 3.05) is 31.5 Å². The second-order valence-corrected chi connectivity index (χ2v) is 11.8. The fourth-order valence-corrected chi connectivity index (χ4v) is 4.77. The molecule has 0 aromatic heterocycles. The molecular weight excluding hydrogens is 483 g/mol. The molecule has 0 aliphatic carbocycles. The van der Waals surface area contributed by atoms with Crippen LogP contribution < -0.4 is 9.62 Å². The van der Waals surface area contributed by atoms with Crippen LogP contribution in [-0.4, -0.2) is 68.2 Å². The molecule has 1 atom stereocenters. The lowest BCUT2D eigenvalue weighted by atomic mass is 10.1. The summed E-state index contributed by atoms with van der Waals surface area (Å²) < 4.78 is 42.6. The molecule has 0 saturated heterocycles. The van der Waals surface area contributed by atoms with Crippen molar-refractivity contribution in [1.29, 1.82) is 0 Å². The molecule has 0 aliphatic rings. The number of anilines is 1. The van der Waals surface area contributed by atoms with Gasteiger partial charge in [-0.15, -0.1) is 0 Å². The SMILES string of the molecule is CC[C@H](C(=O)NC(C)(C)C)N(CCc1ccccc1)C(=O)CN(c1ccccc1F)S(=O)(=O)N(C)C. The zero-order valence-corrected chi connectivity index (χ0v) is 22.7. The van der Waals surface area contributed by atoms with Gasteiger partial charge >= 0.3 is 10.2 Å². The molecule has 1 N–H and O–H groups in total. The molecule has 8 nitrogen and oxygen atoms in total. The summed E-state index contributed by atoms with van der Waals surface area (Å²) in [5, 5.41) is 2.91. The van der Waals surface area contributed by atoms with Gasteiger partial charge in [0.2, 0.25) is 11.8 Å². The number of hydrogen-bond acceptors (Lipinski definition) is 4. The Kier molecular flexibility index (Phi) is 10.0. The largest absolute Gasteiger partial charge is 0.350 e. The third-order valence-corrected chi connectivity index (χ3v) is 7.31. The number of para-hydroxylation sites is 1. The Bertz CT molecular complexity index is 1130. The number of benzene rings is 2. The third-order valence-electron chi connectivity index (χ3n) is 5.51. The van der Waals surface area contributed by atoms with Crippen molar-refractivity contribution in [3.05, 3.63) is 66.0 Å². The van der Waals surface area contributed by atoms with E-state index in [0.717, 1.165) is 20.2 Å². The number of rotatable bonds is 11. The average molecular weight is 521 g/mol. The lowest BCUT2D eigenvalue weighted by Crippen LogP contribution is -2.56. The van der Waals surface area contributed by atoms with E-state index in [1.165, 1.54) is 37.2 Å². The number of halogens is 1. The highest BCUT2D eigenvalue weighted by Gasteiger charge is 2.35. The van der Waals surface area contributed by atoms with Gasteiger partial charge in [0, 0.05) is 26.2 Å². The van der Waals surface area contributed by atoms with E-state index < -0.39 is 40.1 Å². The summed E-state index contributed by atoms with van der Waals surface area (Å²) in [7, 11) is -1.59. The maximum absolute atomic E-state index is 14.7. The van der Waals surface area contributed by atoms with Gasteiger partial charge in [0.05, 0.1) is 5.69 Å². The zero-order chi connectivity index (χ0) is 27.1. The van der Waals surface area contributed by atoms with E-state index in [4.69, 9.17) is 0 Å². The maximum atomic E-state index is 14.7. The molecule has 2 aromatic carbocycles. The molecule has 0 spiro atoms. The molecule has 2 amide bonds. The van der Waals surface area contributed by atoms with Crippen LogP contribution in [0.5, 0.6) is 0 Å². The summed E-state index contributed by atoms with van der Waals surface area (Å²) >= 11 is 0. The van der Waals surface area contributed by atoms with Gasteiger partial charge in [-0.2, -0.15) is 12.7 Å². The molecular formula is C26H37FN4O4S. The summed E-state index contributed by atoms with van der Waals surface area (Å²) in [6.45, 7) is 6.86. The van der Waals surface area contributed by atoms with E-state index in [-0.39, 0.29) is 18.1 Å². The van der Waals surface area contributed by atoms with E-state index in [1.54, 1.807) is 6.92 Å². The minimum atomic E-state index is -4.21. The minimum absolute atomic E-state index is 0.187. The van der Waals surface area contributed by atoms with Gasteiger partial charge in [-0.25, -0.2) is 8.70 Å². The van der Waals surface area contributed by atoms with Crippen LogP contribution in [0.25, 0.3) is 0 Å². The summed E-state index contributed by atoms with van der Waals surface area (Å²) in [5.74, 6) is -1.71. The lowest BCUT2D eigenvalue weighted by molar-refractivity contribution is -0.140. The Morgan fingerprint density at radius 2 is 1.58 bits per heavy atom. The van der Waals surface area contributed by atoms with Crippen molar-refractivity contribution in [1.82, 2.24) is 14.5 Å². The Balaban J connectivity index is 2.46. The van der Waals surface area contributed by atoms with E-state index in [1.807, 2.05) is 51.1 Å². The molecule has 0 heterocycles. The normalized spacial score (nSPS) is 12.8. The molecule has 0 saturated carbocycles. The van der Waals surface area contributed by atoms with Gasteiger partial charge in [0.1, 0.15) is 18.4 Å². The number of hydrogen-bond donors (Lipinski definition) is 1. The molecule has 0 unspecified atom stereocenters. The zero-order valence-electron chi connectivity index (χ0n) is 21.9. The Morgan fingerprint density at radius 1 is 1.00 bits per heavy atom. The van der Waals surface area contributed by atoms with Gasteiger partial charge in [-0.3, -0.25) is 9.59 Å². The monoisotopic (exact) mass is 520 g/mol. The van der Waals surface area contributed by atoms with Crippen LogP contribution in [0.4, 0.5) is 10.1 Å². The second kappa shape index (κ2) is 12.3. The van der Waals surface area contributed by atoms with Crippen molar-refractivity contribution in [3.63, 3.8) is 0 Å². The standard InChI is InChI=1S/C26H37FN4O4S/c1-7-22(25(33)28-26(2,3)4)30(18-17-20-13-9-8-10-14-20)24(32)19-31(36(34,35)29(5)6)23-16-12-11-15-21(23)27/h8-16,22H,7,17-19H2,1-6H3,(H,28,33)/t22-/m1/s1. The maximum Gasteiger partial charge on any atom is 0.304 e. The topological polar surface area (TPSA) is 90.0 Å². The quantitative estimate of drug-likeness (QED) is 0.493. The fourth-order valence-electron chi connectivity index (χ4n) is 3.70. The van der Waals surface area contributed by atoms with Crippen LogP contribution in [-0.2, 0) is 26.2 Å². The first-order valence-electron chi connectivity index (χ1n) is 11.9. The molecule has 2 aromatic rings. The van der Waals surface area contributed by atoms with Crippen LogP contribution >= 0.6 is 0 Å². The smallest absolute Gasteiger partial charge is 0.304 e. The van der Waals surface area contributed by atoms with Crippen molar-refractivity contribution >= 4 is 27.7 Å². The van der Waals surface area contributed by atoms with Gasteiger partial charge in [-0.05, 0) is 51.3 Å². The second-order valence-electron chi connectivity index (χ2n) is 9.73. The number of amides is 2. The van der Waals surface area contributed by atoms with Crippen LogP contribution in [0.3, 0.4) is 0 Å². The van der Waals surface area contributed by atoms with Crippen molar-refractivity contribution in [3.8, 4) is 0 Å². The number of nitrogens with zero attached hydrogens (tertiary/aromatic N) is 3. The van der Waals surface area contributed by atoms with Crippen molar-refractivity contribution in [2.24, 2.45) is 0 Å². The van der Waals surface area contributed by atoms with Crippen LogP contribution in [0.1, 0.15) is 39.7 Å². The first-order valence-corrected chi connectivity index (χ1v) is 13.3. The highest BCUT2D eigenvalue weighted by Crippen LogP contribution is 2.24. The highest BCUT2D eigenvalue weighted by molar-refractivity contribution is 7.90. The fraction of sp³-hybridized carbons (Fsp3) is 0.462. The first kappa shape index (κ1) is 29.3. The molecule has 2 rings (SSSR count). The summed E-state index contributed by atoms with van der Waals surface area (Å²) in [6, 6.07) is 14.0. The summed E-state index contributed by atoms with van der Waals surface area (Å²) in [5.41, 5.74) is 0.203. The van der Waals surface area contributed by atoms with E-state index in [9.17, 15) is 22.4 Å². The van der Waals surface area contributed by atoms with Crippen LogP contribution in [0.15, 0.2) is 54.6 Å². The minimum Gasteiger partial charge on any atom is -0.350 e. The van der Waals surface area contributed by atoms with Crippen molar-refractivity contribution < 1.29 is 22.4 Å². The molecule has 198 valence electrons. The Hall–Kier alpha value is -2.98. The van der Waals surface area contributed by atoms with Gasteiger partial charge < -0.3 is 10.2 Å². The Morgan fingerprint density at radius 3 is 2.11 bits per heavy atom. The molecule has 36 heavy (non-hydrogen) atoms. The molecule has 0 radical (unpaired) electrons. The number of carbonyl (C=O) groups excluding carboxylic acids is 2. The number of carbonyl (C=O) groups is 2. The van der Waals surface area contributed by atoms with E-state index in [0.29, 0.717) is 12.8 Å². The van der Waals surface area contributed by atoms with Gasteiger partial charge in [-0.1, -0.05) is 49.4 Å². The van der Waals surface area contributed by atoms with Gasteiger partial charge in [0.25, 0.3) is 0 Å². The molecule has 0 aliphatic heterocycles. The third kappa shape index (κ3) is 7.76. The summed E-state index contributed by atoms with van der Waals surface area (Å²) in [6.07, 6.45) is 0.786. The Labute approximate surface area is 214 Å². The predicted octanol–water partition coefficient (Wildman–Crippen LogP) is 3.20. The number of nitrogens with one attached hydrogen (secondary N) is 1. The van der Waals surface area contributed by atoms with E-state index >= 15 is 0 Å². The molecule has 0 fully saturated rings. The van der Waals surface area contributed by atoms with Crippen LogP contribution in [0, 0.1) is 5.82 Å². The van der Waals surface area contributed by atoms with Crippen molar-refractivity contribution in [2.45, 2.75) is 52.1 Å². The summed E-state index contributed by atoms with van der Waals surface area (Å²) in [4.78, 5) is 28.3. The van der Waals surface area contributed by atoms with E-state index in [2.05, 4.69) is 5.32 Å². The van der Waals surface area contributed by atoms with Gasteiger partial charge in [0.15, 0.2) is 0 Å². The molecule has 0 bridgehead atoms. The molecule has 10 heteroatoms. The predicted molar refractivity (Wildman–Crippen MR) is 140 cm³/mol. The van der Waals surface area contributed by atoms with Crippen LogP contribution in [0.2, 0.25) is 0 Å². The average Bonchev–Trinajstić information content (AvgIpc) is 2.79. The highest BCUT2D eigenvalue weighted by atomic mass is 32.2. The lowest BCUT2D eigenvalue weighted by Gasteiger charge is -2.35.